The van der Waals surface area contributed by atoms with Gasteiger partial charge in [0, 0.05) is 11.7 Å². The first-order chi connectivity index (χ1) is 10.1. The number of aliphatic carboxylic acids is 1. The Morgan fingerprint density at radius 3 is 2.57 bits per heavy atom. The molecule has 2 unspecified atom stereocenters. The summed E-state index contributed by atoms with van der Waals surface area (Å²) in [6.07, 6.45) is 0.948. The standard InChI is InChI=1S/C18H19NO2/c1-11(18(20)21)12(2)19-15-7-8-17-14(10-15)9-13-5-3-4-6-16(13)17/h3-8,10-12,19H,9H2,1-2H3,(H,20,21). The number of nitrogens with one attached hydrogen (secondary N) is 1. The minimum Gasteiger partial charge on any atom is -0.481 e. The smallest absolute Gasteiger partial charge is 0.308 e. The molecule has 2 aromatic rings. The van der Waals surface area contributed by atoms with Crippen LogP contribution in [0.25, 0.3) is 11.1 Å². The molecule has 2 atom stereocenters. The lowest BCUT2D eigenvalue weighted by atomic mass is 10.0. The zero-order valence-corrected chi connectivity index (χ0v) is 12.3. The zero-order valence-electron chi connectivity index (χ0n) is 12.3. The largest absolute Gasteiger partial charge is 0.481 e. The summed E-state index contributed by atoms with van der Waals surface area (Å²) in [6, 6.07) is 14.6. The van der Waals surface area contributed by atoms with E-state index in [1.54, 1.807) is 6.92 Å². The summed E-state index contributed by atoms with van der Waals surface area (Å²) >= 11 is 0. The number of hydrogen-bond donors (Lipinski definition) is 2. The first kappa shape index (κ1) is 13.7. The van der Waals surface area contributed by atoms with Crippen LogP contribution in [-0.4, -0.2) is 17.1 Å². The molecule has 0 spiro atoms. The van der Waals surface area contributed by atoms with Gasteiger partial charge in [-0.1, -0.05) is 30.3 Å². The van der Waals surface area contributed by atoms with Crippen molar-refractivity contribution in [1.82, 2.24) is 0 Å². The lowest BCUT2D eigenvalue weighted by Crippen LogP contribution is -2.29. The number of benzene rings is 2. The van der Waals surface area contributed by atoms with E-state index in [2.05, 4.69) is 41.7 Å². The fraction of sp³-hybridized carbons (Fsp3) is 0.278. The Balaban J connectivity index is 1.83. The van der Waals surface area contributed by atoms with Crippen LogP contribution in [-0.2, 0) is 11.2 Å². The second kappa shape index (κ2) is 5.24. The number of fused-ring (bicyclic) bond motifs is 3. The Morgan fingerprint density at radius 1 is 1.10 bits per heavy atom. The van der Waals surface area contributed by atoms with E-state index in [9.17, 15) is 4.79 Å². The fourth-order valence-electron chi connectivity index (χ4n) is 2.84. The molecule has 3 rings (SSSR count). The van der Waals surface area contributed by atoms with E-state index >= 15 is 0 Å². The molecule has 0 saturated carbocycles. The van der Waals surface area contributed by atoms with E-state index in [1.165, 1.54) is 22.3 Å². The van der Waals surface area contributed by atoms with Crippen molar-refractivity contribution in [3.05, 3.63) is 53.6 Å². The van der Waals surface area contributed by atoms with E-state index in [0.29, 0.717) is 0 Å². The molecule has 108 valence electrons. The minimum absolute atomic E-state index is 0.107. The van der Waals surface area contributed by atoms with Gasteiger partial charge in [-0.2, -0.15) is 0 Å². The summed E-state index contributed by atoms with van der Waals surface area (Å²) < 4.78 is 0. The van der Waals surface area contributed by atoms with Gasteiger partial charge in [0.25, 0.3) is 0 Å². The molecular formula is C18H19NO2. The second-order valence-corrected chi connectivity index (χ2v) is 5.77. The summed E-state index contributed by atoms with van der Waals surface area (Å²) in [6.45, 7) is 3.63. The molecule has 1 aliphatic rings. The van der Waals surface area contributed by atoms with Crippen LogP contribution in [0.1, 0.15) is 25.0 Å². The number of hydrogen-bond acceptors (Lipinski definition) is 2. The fourth-order valence-corrected chi connectivity index (χ4v) is 2.84. The molecule has 2 aromatic carbocycles. The van der Waals surface area contributed by atoms with Crippen molar-refractivity contribution in [2.24, 2.45) is 5.92 Å². The topological polar surface area (TPSA) is 49.3 Å². The van der Waals surface area contributed by atoms with Gasteiger partial charge < -0.3 is 10.4 Å². The van der Waals surface area contributed by atoms with Gasteiger partial charge in [0.15, 0.2) is 0 Å². The molecule has 0 aromatic heterocycles. The zero-order chi connectivity index (χ0) is 15.0. The van der Waals surface area contributed by atoms with Gasteiger partial charge in [-0.3, -0.25) is 4.79 Å². The minimum atomic E-state index is -0.774. The predicted octanol–water partition coefficient (Wildman–Crippen LogP) is 3.78. The lowest BCUT2D eigenvalue weighted by Gasteiger charge is -2.19. The quantitative estimate of drug-likeness (QED) is 0.765. The molecule has 3 nitrogen and oxygen atoms in total. The van der Waals surface area contributed by atoms with Crippen molar-refractivity contribution in [2.45, 2.75) is 26.3 Å². The van der Waals surface area contributed by atoms with Crippen molar-refractivity contribution < 1.29 is 9.90 Å². The van der Waals surface area contributed by atoms with Crippen molar-refractivity contribution in [2.75, 3.05) is 5.32 Å². The van der Waals surface area contributed by atoms with Gasteiger partial charge >= 0.3 is 5.97 Å². The van der Waals surface area contributed by atoms with Gasteiger partial charge in [-0.25, -0.2) is 0 Å². The lowest BCUT2D eigenvalue weighted by molar-refractivity contribution is -0.141. The molecule has 0 aliphatic heterocycles. The van der Waals surface area contributed by atoms with E-state index in [1.807, 2.05) is 13.0 Å². The monoisotopic (exact) mass is 281 g/mol. The van der Waals surface area contributed by atoms with Gasteiger partial charge in [0.05, 0.1) is 5.92 Å². The molecule has 0 radical (unpaired) electrons. The van der Waals surface area contributed by atoms with Gasteiger partial charge in [-0.05, 0) is 54.7 Å². The third kappa shape index (κ3) is 2.51. The van der Waals surface area contributed by atoms with E-state index < -0.39 is 11.9 Å². The van der Waals surface area contributed by atoms with Crippen LogP contribution < -0.4 is 5.32 Å². The average Bonchev–Trinajstić information content (AvgIpc) is 2.83. The summed E-state index contributed by atoms with van der Waals surface area (Å²) in [4.78, 5) is 11.0. The Bertz CT molecular complexity index is 693. The number of rotatable bonds is 4. The van der Waals surface area contributed by atoms with Crippen LogP contribution >= 0.6 is 0 Å². The molecule has 21 heavy (non-hydrogen) atoms. The highest BCUT2D eigenvalue weighted by atomic mass is 16.4. The first-order valence-corrected chi connectivity index (χ1v) is 7.27. The van der Waals surface area contributed by atoms with Gasteiger partial charge in [0.2, 0.25) is 0 Å². The molecular weight excluding hydrogens is 262 g/mol. The Morgan fingerprint density at radius 2 is 1.81 bits per heavy atom. The summed E-state index contributed by atoms with van der Waals surface area (Å²) in [5.41, 5.74) is 6.25. The molecule has 2 N–H and O–H groups in total. The van der Waals surface area contributed by atoms with E-state index in [-0.39, 0.29) is 6.04 Å². The van der Waals surface area contributed by atoms with Crippen molar-refractivity contribution in [1.29, 1.82) is 0 Å². The number of anilines is 1. The number of carbonyl (C=O) groups is 1. The van der Waals surface area contributed by atoms with Gasteiger partial charge in [0.1, 0.15) is 0 Å². The van der Waals surface area contributed by atoms with E-state index in [0.717, 1.165) is 12.1 Å². The Kier molecular flexibility index (Phi) is 3.42. The second-order valence-electron chi connectivity index (χ2n) is 5.77. The van der Waals surface area contributed by atoms with Crippen LogP contribution in [0.15, 0.2) is 42.5 Å². The van der Waals surface area contributed by atoms with Crippen molar-refractivity contribution in [3.8, 4) is 11.1 Å². The van der Waals surface area contributed by atoms with Crippen LogP contribution in [0, 0.1) is 5.92 Å². The van der Waals surface area contributed by atoms with Crippen molar-refractivity contribution >= 4 is 11.7 Å². The average molecular weight is 281 g/mol. The molecule has 0 fully saturated rings. The normalized spacial score (nSPS) is 15.0. The summed E-state index contributed by atoms with van der Waals surface area (Å²) in [5.74, 6) is -1.20. The number of carboxylic acids is 1. The summed E-state index contributed by atoms with van der Waals surface area (Å²) in [7, 11) is 0. The molecule has 3 heteroatoms. The third-order valence-corrected chi connectivity index (χ3v) is 4.33. The molecule has 0 amide bonds. The predicted molar refractivity (Wildman–Crippen MR) is 84.6 cm³/mol. The highest BCUT2D eigenvalue weighted by Gasteiger charge is 2.21. The molecule has 0 saturated heterocycles. The van der Waals surface area contributed by atoms with E-state index in [4.69, 9.17) is 5.11 Å². The van der Waals surface area contributed by atoms with Crippen LogP contribution in [0.4, 0.5) is 5.69 Å². The molecule has 0 heterocycles. The Labute approximate surface area is 124 Å². The summed E-state index contributed by atoms with van der Waals surface area (Å²) in [5, 5.41) is 12.4. The third-order valence-electron chi connectivity index (χ3n) is 4.33. The highest BCUT2D eigenvalue weighted by Crippen LogP contribution is 2.37. The first-order valence-electron chi connectivity index (χ1n) is 7.27. The van der Waals surface area contributed by atoms with Crippen LogP contribution in [0.2, 0.25) is 0 Å². The highest BCUT2D eigenvalue weighted by molar-refractivity contribution is 5.78. The SMILES string of the molecule is CC(Nc1ccc2c(c1)Cc1ccccc1-2)C(C)C(=O)O. The molecule has 1 aliphatic carbocycles. The maximum Gasteiger partial charge on any atom is 0.308 e. The van der Waals surface area contributed by atoms with Crippen LogP contribution in [0.3, 0.4) is 0 Å². The molecule has 0 bridgehead atoms. The maximum absolute atomic E-state index is 11.0. The van der Waals surface area contributed by atoms with Crippen molar-refractivity contribution in [3.63, 3.8) is 0 Å². The number of carboxylic acid groups (broad SMARTS) is 1. The maximum atomic E-state index is 11.0. The van der Waals surface area contributed by atoms with Gasteiger partial charge in [-0.15, -0.1) is 0 Å². The van der Waals surface area contributed by atoms with Crippen LogP contribution in [0.5, 0.6) is 0 Å². The Hall–Kier alpha value is -2.29.